The van der Waals surface area contributed by atoms with Crippen molar-refractivity contribution in [3.8, 4) is 0 Å². The second-order valence-corrected chi connectivity index (χ2v) is 6.96. The summed E-state index contributed by atoms with van der Waals surface area (Å²) in [5, 5.41) is 1.15. The monoisotopic (exact) mass is 375 g/mol. The molecular weight excluding hydrogens is 361 g/mol. The average molecular weight is 376 g/mol. The van der Waals surface area contributed by atoms with E-state index in [1.165, 1.54) is 0 Å². The van der Waals surface area contributed by atoms with Gasteiger partial charge in [0.05, 0.1) is 0 Å². The van der Waals surface area contributed by atoms with E-state index in [0.717, 1.165) is 23.9 Å². The predicted octanol–water partition coefficient (Wildman–Crippen LogP) is 4.55. The first kappa shape index (κ1) is 16.4. The quantitative estimate of drug-likeness (QED) is 0.659. The van der Waals surface area contributed by atoms with Gasteiger partial charge in [0.25, 0.3) is 5.91 Å². The molecule has 0 radical (unpaired) electrons. The maximum atomic E-state index is 12.5. The van der Waals surface area contributed by atoms with Crippen LogP contribution >= 0.6 is 23.2 Å². The van der Waals surface area contributed by atoms with Crippen LogP contribution in [0, 0.1) is 0 Å². The Bertz CT molecular complexity index is 933. The van der Waals surface area contributed by atoms with Crippen LogP contribution in [0.4, 0.5) is 0 Å². The Morgan fingerprint density at radius 2 is 1.88 bits per heavy atom. The van der Waals surface area contributed by atoms with E-state index in [2.05, 4.69) is 9.97 Å². The summed E-state index contributed by atoms with van der Waals surface area (Å²) >= 11 is 11.9. The second-order valence-electron chi connectivity index (χ2n) is 6.09. The van der Waals surface area contributed by atoms with E-state index in [4.69, 9.17) is 27.6 Å². The van der Waals surface area contributed by atoms with Crippen LogP contribution < -0.4 is 0 Å². The summed E-state index contributed by atoms with van der Waals surface area (Å²) in [4.78, 5) is 23.0. The largest absolute Gasteiger partial charge is 0.440 e. The van der Waals surface area contributed by atoms with Crippen molar-refractivity contribution in [3.05, 3.63) is 58.2 Å². The van der Waals surface area contributed by atoms with Gasteiger partial charge in [-0.15, -0.1) is 0 Å². The molecular formula is C18H15Cl2N3O2. The van der Waals surface area contributed by atoms with E-state index >= 15 is 0 Å². The molecule has 2 aromatic heterocycles. The molecule has 4 rings (SSSR count). The number of fused-ring (bicyclic) bond motifs is 1. The average Bonchev–Trinajstić information content (AvgIpc) is 3.04. The van der Waals surface area contributed by atoms with Crippen molar-refractivity contribution >= 4 is 40.2 Å². The molecule has 3 aromatic rings. The highest BCUT2D eigenvalue weighted by Crippen LogP contribution is 2.31. The van der Waals surface area contributed by atoms with Gasteiger partial charge >= 0.3 is 0 Å². The molecule has 128 valence electrons. The van der Waals surface area contributed by atoms with Crippen LogP contribution in [-0.4, -0.2) is 33.9 Å². The molecule has 1 amide bonds. The third-order valence-electron chi connectivity index (χ3n) is 4.44. The topological polar surface area (TPSA) is 59.2 Å². The Balaban J connectivity index is 1.46. The molecule has 0 atom stereocenters. The molecule has 0 N–H and O–H groups in total. The number of piperidine rings is 1. The minimum Gasteiger partial charge on any atom is -0.440 e. The van der Waals surface area contributed by atoms with Gasteiger partial charge in [-0.2, -0.15) is 0 Å². The summed E-state index contributed by atoms with van der Waals surface area (Å²) in [6.45, 7) is 1.27. The molecule has 1 saturated heterocycles. The van der Waals surface area contributed by atoms with Gasteiger partial charge in [-0.1, -0.05) is 23.2 Å². The van der Waals surface area contributed by atoms with Gasteiger partial charge < -0.3 is 9.32 Å². The van der Waals surface area contributed by atoms with Crippen molar-refractivity contribution in [2.75, 3.05) is 13.1 Å². The summed E-state index contributed by atoms with van der Waals surface area (Å²) < 4.78 is 5.86. The van der Waals surface area contributed by atoms with Crippen LogP contribution in [0.1, 0.15) is 35.1 Å². The lowest BCUT2D eigenvalue weighted by atomic mass is 9.96. The zero-order chi connectivity index (χ0) is 17.4. The van der Waals surface area contributed by atoms with Crippen molar-refractivity contribution in [3.63, 3.8) is 0 Å². The first-order chi connectivity index (χ1) is 12.1. The maximum Gasteiger partial charge on any atom is 0.272 e. The SMILES string of the molecule is O=C(c1cc(Cl)ccn1)N1CCC(c2nc3cc(Cl)ccc3o2)CC1. The van der Waals surface area contributed by atoms with Gasteiger partial charge in [-0.3, -0.25) is 9.78 Å². The zero-order valence-electron chi connectivity index (χ0n) is 13.3. The van der Waals surface area contributed by atoms with Crippen molar-refractivity contribution in [2.24, 2.45) is 0 Å². The lowest BCUT2D eigenvalue weighted by Gasteiger charge is -2.30. The Kier molecular flexibility index (Phi) is 4.36. The number of benzene rings is 1. The van der Waals surface area contributed by atoms with Crippen LogP contribution in [0.2, 0.25) is 10.0 Å². The number of hydrogen-bond donors (Lipinski definition) is 0. The molecule has 0 saturated carbocycles. The van der Waals surface area contributed by atoms with E-state index in [9.17, 15) is 4.79 Å². The molecule has 5 nitrogen and oxygen atoms in total. The van der Waals surface area contributed by atoms with E-state index in [-0.39, 0.29) is 11.8 Å². The molecule has 3 heterocycles. The number of halogens is 2. The number of aromatic nitrogens is 2. The summed E-state index contributed by atoms with van der Waals surface area (Å²) in [5.41, 5.74) is 1.88. The maximum absolute atomic E-state index is 12.5. The minimum atomic E-state index is -0.0923. The lowest BCUT2D eigenvalue weighted by molar-refractivity contribution is 0.0701. The summed E-state index contributed by atoms with van der Waals surface area (Å²) in [5.74, 6) is 0.818. The standard InChI is InChI=1S/C18H15Cl2N3O2/c19-12-1-2-16-14(9-12)22-17(25-16)11-4-7-23(8-5-11)18(24)15-10-13(20)3-6-21-15/h1-3,6,9-11H,4-5,7-8H2. The number of carbonyl (C=O) groups excluding carboxylic acids is 1. The van der Waals surface area contributed by atoms with E-state index in [1.54, 1.807) is 35.4 Å². The van der Waals surface area contributed by atoms with Gasteiger partial charge in [0, 0.05) is 35.2 Å². The molecule has 1 aromatic carbocycles. The molecule has 0 bridgehead atoms. The number of rotatable bonds is 2. The van der Waals surface area contributed by atoms with Crippen LogP contribution in [0.15, 0.2) is 40.9 Å². The third kappa shape index (κ3) is 3.34. The number of amides is 1. The molecule has 1 aliphatic heterocycles. The smallest absolute Gasteiger partial charge is 0.272 e. The number of carbonyl (C=O) groups is 1. The highest BCUT2D eigenvalue weighted by molar-refractivity contribution is 6.31. The summed E-state index contributed by atoms with van der Waals surface area (Å²) in [6, 6.07) is 8.67. The summed E-state index contributed by atoms with van der Waals surface area (Å²) in [7, 11) is 0. The van der Waals surface area contributed by atoms with E-state index < -0.39 is 0 Å². The molecule has 1 aliphatic rings. The molecule has 0 aliphatic carbocycles. The van der Waals surface area contributed by atoms with Gasteiger partial charge in [0.2, 0.25) is 0 Å². The van der Waals surface area contributed by atoms with Crippen molar-refractivity contribution in [2.45, 2.75) is 18.8 Å². The van der Waals surface area contributed by atoms with Gasteiger partial charge in [0.15, 0.2) is 11.5 Å². The lowest BCUT2D eigenvalue weighted by Crippen LogP contribution is -2.38. The molecule has 0 unspecified atom stereocenters. The minimum absolute atomic E-state index is 0.0923. The number of pyridine rings is 1. The molecule has 25 heavy (non-hydrogen) atoms. The van der Waals surface area contributed by atoms with Crippen molar-refractivity contribution < 1.29 is 9.21 Å². The van der Waals surface area contributed by atoms with Gasteiger partial charge in [0.1, 0.15) is 11.2 Å². The van der Waals surface area contributed by atoms with Gasteiger partial charge in [-0.25, -0.2) is 4.98 Å². The van der Waals surface area contributed by atoms with E-state index in [1.807, 2.05) is 6.07 Å². The van der Waals surface area contributed by atoms with Crippen LogP contribution in [0.3, 0.4) is 0 Å². The first-order valence-corrected chi connectivity index (χ1v) is 8.82. The van der Waals surface area contributed by atoms with Crippen LogP contribution in [-0.2, 0) is 0 Å². The van der Waals surface area contributed by atoms with Crippen LogP contribution in [0.25, 0.3) is 11.1 Å². The Labute approximate surface area is 154 Å². The fourth-order valence-electron chi connectivity index (χ4n) is 3.11. The Hall–Kier alpha value is -2.11. The fraction of sp³-hybridized carbons (Fsp3) is 0.278. The Morgan fingerprint density at radius 3 is 2.64 bits per heavy atom. The second kappa shape index (κ2) is 6.65. The fourth-order valence-corrected chi connectivity index (χ4v) is 3.43. The van der Waals surface area contributed by atoms with Crippen molar-refractivity contribution in [1.29, 1.82) is 0 Å². The number of oxazole rings is 1. The first-order valence-electron chi connectivity index (χ1n) is 8.07. The highest BCUT2D eigenvalue weighted by Gasteiger charge is 2.28. The van der Waals surface area contributed by atoms with Crippen molar-refractivity contribution in [1.82, 2.24) is 14.9 Å². The third-order valence-corrected chi connectivity index (χ3v) is 4.91. The molecule has 7 heteroatoms. The number of hydrogen-bond acceptors (Lipinski definition) is 4. The highest BCUT2D eigenvalue weighted by atomic mass is 35.5. The number of likely N-dealkylation sites (tertiary alicyclic amines) is 1. The normalized spacial score (nSPS) is 15.7. The predicted molar refractivity (Wildman–Crippen MR) is 96.1 cm³/mol. The zero-order valence-corrected chi connectivity index (χ0v) is 14.8. The molecule has 0 spiro atoms. The number of nitrogens with zero attached hydrogens (tertiary/aromatic N) is 3. The van der Waals surface area contributed by atoms with E-state index in [0.29, 0.717) is 34.7 Å². The Morgan fingerprint density at radius 1 is 1.12 bits per heavy atom. The summed E-state index contributed by atoms with van der Waals surface area (Å²) in [6.07, 6.45) is 3.14. The van der Waals surface area contributed by atoms with Crippen LogP contribution in [0.5, 0.6) is 0 Å². The molecule has 1 fully saturated rings. The van der Waals surface area contributed by atoms with Gasteiger partial charge in [-0.05, 0) is 43.2 Å².